The zero-order valence-electron chi connectivity index (χ0n) is 23.6. The number of nitro groups is 1. The second-order valence-electron chi connectivity index (χ2n) is 10.00. The molecular weight excluding hydrogens is 580 g/mol. The standard InChI is InChI=1S/C30H31ClN4O6S/c1-4-8-21-26(29(37)41-5-2)27(20-17-19(31)10-12-24(20)40-3)34-28(36)25(42-30(34)32-21)16-18-9-11-22(23(15-18)35(38)39)33-13-6-7-14-33/h9-12,15-17,27H,4-8,13-14H2,1-3H3/b25-16-/t27-/m1/s1. The Morgan fingerprint density at radius 2 is 1.98 bits per heavy atom. The van der Waals surface area contributed by atoms with Crippen molar-refractivity contribution in [2.45, 2.75) is 45.6 Å². The average Bonchev–Trinajstić information content (AvgIpc) is 3.61. The molecule has 0 saturated carbocycles. The predicted octanol–water partition coefficient (Wildman–Crippen LogP) is 4.75. The van der Waals surface area contributed by atoms with Crippen molar-refractivity contribution in [3.05, 3.63) is 93.6 Å². The molecule has 2 aliphatic rings. The molecule has 0 radical (unpaired) electrons. The molecule has 3 aromatic rings. The zero-order valence-corrected chi connectivity index (χ0v) is 25.2. The van der Waals surface area contributed by atoms with E-state index in [9.17, 15) is 19.7 Å². The number of carbonyl (C=O) groups is 1. The molecule has 0 unspecified atom stereocenters. The van der Waals surface area contributed by atoms with Crippen LogP contribution in [0.1, 0.15) is 56.7 Å². The normalized spacial score (nSPS) is 16.8. The van der Waals surface area contributed by atoms with Crippen LogP contribution >= 0.6 is 22.9 Å². The number of nitrogens with zero attached hydrogens (tertiary/aromatic N) is 4. The van der Waals surface area contributed by atoms with Crippen LogP contribution in [-0.4, -0.2) is 42.3 Å². The molecule has 42 heavy (non-hydrogen) atoms. The fourth-order valence-corrected chi connectivity index (χ4v) is 6.69. The molecule has 0 amide bonds. The third-order valence-corrected chi connectivity index (χ3v) is 8.54. The van der Waals surface area contributed by atoms with E-state index in [-0.39, 0.29) is 22.8 Å². The van der Waals surface area contributed by atoms with Crippen LogP contribution in [0.5, 0.6) is 5.75 Å². The van der Waals surface area contributed by atoms with Gasteiger partial charge in [0.15, 0.2) is 4.80 Å². The van der Waals surface area contributed by atoms with Crippen molar-refractivity contribution in [1.82, 2.24) is 4.57 Å². The lowest BCUT2D eigenvalue weighted by Crippen LogP contribution is -2.40. The number of hydrogen-bond acceptors (Lipinski definition) is 9. The molecule has 3 heterocycles. The first-order valence-corrected chi connectivity index (χ1v) is 15.1. The number of rotatable bonds is 9. The molecule has 2 aromatic carbocycles. The number of nitro benzene ring substituents is 1. The van der Waals surface area contributed by atoms with Crippen LogP contribution in [0.15, 0.2) is 57.5 Å². The van der Waals surface area contributed by atoms with Gasteiger partial charge in [-0.2, -0.15) is 0 Å². The highest BCUT2D eigenvalue weighted by Gasteiger charge is 2.36. The van der Waals surface area contributed by atoms with Crippen molar-refractivity contribution in [2.75, 3.05) is 31.7 Å². The molecule has 2 aliphatic heterocycles. The van der Waals surface area contributed by atoms with Crippen molar-refractivity contribution in [3.8, 4) is 5.75 Å². The Bertz CT molecular complexity index is 1760. The number of allylic oxidation sites excluding steroid dienone is 1. The Morgan fingerprint density at radius 1 is 1.21 bits per heavy atom. The van der Waals surface area contributed by atoms with E-state index in [1.54, 1.807) is 43.3 Å². The first-order chi connectivity index (χ1) is 20.3. The maximum atomic E-state index is 14.1. The van der Waals surface area contributed by atoms with Crippen LogP contribution in [0.2, 0.25) is 5.02 Å². The highest BCUT2D eigenvalue weighted by atomic mass is 35.5. The second kappa shape index (κ2) is 12.5. The lowest BCUT2D eigenvalue weighted by molar-refractivity contribution is -0.384. The Kier molecular flexibility index (Phi) is 8.79. The number of halogens is 1. The van der Waals surface area contributed by atoms with E-state index in [4.69, 9.17) is 26.1 Å². The molecule has 1 fully saturated rings. The Labute approximate surface area is 251 Å². The lowest BCUT2D eigenvalue weighted by atomic mass is 9.93. The molecule has 0 bridgehead atoms. The Balaban J connectivity index is 1.73. The third-order valence-electron chi connectivity index (χ3n) is 7.32. The summed E-state index contributed by atoms with van der Waals surface area (Å²) in [5, 5.41) is 12.4. The van der Waals surface area contributed by atoms with Crippen molar-refractivity contribution in [1.29, 1.82) is 0 Å². The smallest absolute Gasteiger partial charge is 0.338 e. The van der Waals surface area contributed by atoms with Gasteiger partial charge in [-0.15, -0.1) is 0 Å². The quantitative estimate of drug-likeness (QED) is 0.195. The number of hydrogen-bond donors (Lipinski definition) is 0. The first-order valence-electron chi connectivity index (χ1n) is 13.9. The van der Waals surface area contributed by atoms with Crippen LogP contribution in [0.25, 0.3) is 6.08 Å². The fraction of sp³-hybridized carbons (Fsp3) is 0.367. The van der Waals surface area contributed by atoms with Gasteiger partial charge >= 0.3 is 5.97 Å². The predicted molar refractivity (Wildman–Crippen MR) is 162 cm³/mol. The fourth-order valence-electron chi connectivity index (χ4n) is 5.49. The van der Waals surface area contributed by atoms with Gasteiger partial charge in [-0.3, -0.25) is 19.5 Å². The van der Waals surface area contributed by atoms with Gasteiger partial charge in [0.2, 0.25) is 0 Å². The number of ether oxygens (including phenoxy) is 2. The largest absolute Gasteiger partial charge is 0.496 e. The summed E-state index contributed by atoms with van der Waals surface area (Å²) in [4.78, 5) is 46.2. The number of thiazole rings is 1. The minimum Gasteiger partial charge on any atom is -0.496 e. The van der Waals surface area contributed by atoms with E-state index in [0.717, 1.165) is 37.3 Å². The summed E-state index contributed by atoms with van der Waals surface area (Å²) in [5.41, 5.74) is 2.00. The third kappa shape index (κ3) is 5.58. The molecule has 1 atom stereocenters. The summed E-state index contributed by atoms with van der Waals surface area (Å²) in [6, 6.07) is 9.16. The van der Waals surface area contributed by atoms with E-state index < -0.39 is 17.6 Å². The minimum absolute atomic E-state index is 0.00482. The lowest BCUT2D eigenvalue weighted by Gasteiger charge is -2.27. The summed E-state index contributed by atoms with van der Waals surface area (Å²) in [6.07, 6.45) is 4.81. The van der Waals surface area contributed by atoms with Crippen LogP contribution in [0, 0.1) is 10.1 Å². The molecule has 0 N–H and O–H groups in total. The summed E-state index contributed by atoms with van der Waals surface area (Å²) in [7, 11) is 1.51. The minimum atomic E-state index is -0.899. The topological polar surface area (TPSA) is 116 Å². The highest BCUT2D eigenvalue weighted by molar-refractivity contribution is 7.07. The Morgan fingerprint density at radius 3 is 2.64 bits per heavy atom. The molecular formula is C30H31ClN4O6S. The molecule has 220 valence electrons. The molecule has 12 heteroatoms. The number of fused-ring (bicyclic) bond motifs is 1. The van der Waals surface area contributed by atoms with Gasteiger partial charge in [-0.05, 0) is 62.1 Å². The van der Waals surface area contributed by atoms with Crippen molar-refractivity contribution in [3.63, 3.8) is 0 Å². The van der Waals surface area contributed by atoms with E-state index in [0.29, 0.717) is 55.5 Å². The van der Waals surface area contributed by atoms with Gasteiger partial charge in [-0.25, -0.2) is 9.79 Å². The summed E-state index contributed by atoms with van der Waals surface area (Å²) in [6.45, 7) is 5.39. The van der Waals surface area contributed by atoms with Crippen LogP contribution < -0.4 is 24.5 Å². The van der Waals surface area contributed by atoms with Crippen molar-refractivity contribution < 1.29 is 19.2 Å². The monoisotopic (exact) mass is 610 g/mol. The maximum absolute atomic E-state index is 14.1. The number of carbonyl (C=O) groups excluding carboxylic acids is 1. The van der Waals surface area contributed by atoms with Crippen LogP contribution in [0.4, 0.5) is 11.4 Å². The van der Waals surface area contributed by atoms with Crippen molar-refractivity contribution in [2.24, 2.45) is 4.99 Å². The first kappa shape index (κ1) is 29.5. The van der Waals surface area contributed by atoms with Gasteiger partial charge in [0.1, 0.15) is 17.5 Å². The van der Waals surface area contributed by atoms with E-state index in [1.807, 2.05) is 11.8 Å². The number of aromatic nitrogens is 1. The average molecular weight is 611 g/mol. The summed E-state index contributed by atoms with van der Waals surface area (Å²) < 4.78 is 12.9. The van der Waals surface area contributed by atoms with Gasteiger partial charge in [0.05, 0.1) is 34.4 Å². The number of esters is 1. The molecule has 0 aliphatic carbocycles. The van der Waals surface area contributed by atoms with Gasteiger partial charge < -0.3 is 14.4 Å². The summed E-state index contributed by atoms with van der Waals surface area (Å²) >= 11 is 7.56. The number of benzene rings is 2. The van der Waals surface area contributed by atoms with E-state index >= 15 is 0 Å². The zero-order chi connectivity index (χ0) is 30.0. The molecule has 10 nitrogen and oxygen atoms in total. The van der Waals surface area contributed by atoms with Gasteiger partial charge in [-0.1, -0.05) is 42.3 Å². The van der Waals surface area contributed by atoms with Crippen LogP contribution in [0.3, 0.4) is 0 Å². The molecule has 0 spiro atoms. The Hall–Kier alpha value is -3.96. The SMILES string of the molecule is CCCC1=C(C(=O)OCC)[C@@H](c2cc(Cl)ccc2OC)n2c(s/c(=C\c3ccc(N4CCCC4)c([N+](=O)[O-])c3)c2=O)=N1. The molecule has 5 rings (SSSR count). The van der Waals surface area contributed by atoms with Gasteiger partial charge in [0, 0.05) is 29.7 Å². The maximum Gasteiger partial charge on any atom is 0.338 e. The van der Waals surface area contributed by atoms with Gasteiger partial charge in [0.25, 0.3) is 11.2 Å². The molecule has 1 aromatic heterocycles. The second-order valence-corrected chi connectivity index (χ2v) is 11.4. The van der Waals surface area contributed by atoms with E-state index in [2.05, 4.69) is 0 Å². The van der Waals surface area contributed by atoms with Crippen molar-refractivity contribution >= 4 is 46.4 Å². The highest BCUT2D eigenvalue weighted by Crippen LogP contribution is 2.38. The number of methoxy groups -OCH3 is 1. The number of anilines is 1. The molecule has 1 saturated heterocycles. The summed E-state index contributed by atoms with van der Waals surface area (Å²) in [5.74, 6) is -0.120. The van der Waals surface area contributed by atoms with E-state index in [1.165, 1.54) is 17.7 Å². The van der Waals surface area contributed by atoms with Crippen LogP contribution in [-0.2, 0) is 9.53 Å².